The molecule has 0 saturated heterocycles. The van der Waals surface area contributed by atoms with Gasteiger partial charge in [0.05, 0.1) is 12.7 Å². The van der Waals surface area contributed by atoms with E-state index in [0.29, 0.717) is 11.3 Å². The van der Waals surface area contributed by atoms with Crippen molar-refractivity contribution in [1.29, 1.82) is 0 Å². The van der Waals surface area contributed by atoms with Gasteiger partial charge in [0.25, 0.3) is 5.91 Å². The fourth-order valence-electron chi connectivity index (χ4n) is 1.44. The summed E-state index contributed by atoms with van der Waals surface area (Å²) in [6.45, 7) is 0. The maximum absolute atomic E-state index is 11.4. The van der Waals surface area contributed by atoms with Crippen LogP contribution in [0.4, 0.5) is 0 Å². The van der Waals surface area contributed by atoms with Gasteiger partial charge in [0.2, 0.25) is 0 Å². The van der Waals surface area contributed by atoms with Crippen molar-refractivity contribution in [3.05, 3.63) is 29.3 Å². The summed E-state index contributed by atoms with van der Waals surface area (Å²) in [6, 6.07) is 5.55. The van der Waals surface area contributed by atoms with E-state index in [4.69, 9.17) is 4.74 Å². The quantitative estimate of drug-likeness (QED) is 0.602. The Hall–Kier alpha value is -1.03. The molecule has 1 heterocycles. The predicted molar refractivity (Wildman–Crippen MR) is 52.1 cm³/mol. The van der Waals surface area contributed by atoms with Crippen molar-refractivity contribution in [2.24, 2.45) is 0 Å². The highest BCUT2D eigenvalue weighted by molar-refractivity contribution is 9.09. The van der Waals surface area contributed by atoms with E-state index in [0.717, 1.165) is 5.56 Å². The Balaban J connectivity index is 2.62. The molecule has 1 aromatic rings. The van der Waals surface area contributed by atoms with Crippen molar-refractivity contribution in [3.8, 4) is 5.75 Å². The van der Waals surface area contributed by atoms with E-state index in [-0.39, 0.29) is 10.9 Å². The van der Waals surface area contributed by atoms with Crippen LogP contribution in [0.5, 0.6) is 5.75 Å². The van der Waals surface area contributed by atoms with Crippen molar-refractivity contribution >= 4 is 21.8 Å². The van der Waals surface area contributed by atoms with Gasteiger partial charge in [0.1, 0.15) is 10.7 Å². The minimum absolute atomic E-state index is 0.0886. The summed E-state index contributed by atoms with van der Waals surface area (Å²) in [5.41, 5.74) is 1.57. The van der Waals surface area contributed by atoms with E-state index < -0.39 is 0 Å². The number of rotatable bonds is 1. The molecule has 0 bridgehead atoms. The van der Waals surface area contributed by atoms with Crippen molar-refractivity contribution in [3.63, 3.8) is 0 Å². The second-order valence-corrected chi connectivity index (χ2v) is 3.68. The van der Waals surface area contributed by atoms with Crippen LogP contribution in [0.25, 0.3) is 0 Å². The molecule has 2 rings (SSSR count). The number of hydrogen-bond donors (Lipinski definition) is 1. The van der Waals surface area contributed by atoms with Crippen LogP contribution in [0.15, 0.2) is 18.2 Å². The number of alkyl halides is 1. The van der Waals surface area contributed by atoms with E-state index in [2.05, 4.69) is 21.2 Å². The molecule has 1 aliphatic heterocycles. The maximum Gasteiger partial charge on any atom is 0.256 e. The first-order chi connectivity index (χ1) is 6.24. The molecule has 0 aromatic heterocycles. The lowest BCUT2D eigenvalue weighted by molar-refractivity contribution is 0.0963. The first-order valence-electron chi connectivity index (χ1n) is 3.86. The van der Waals surface area contributed by atoms with Crippen LogP contribution in [-0.4, -0.2) is 13.0 Å². The summed E-state index contributed by atoms with van der Waals surface area (Å²) < 4.78 is 5.09. The standard InChI is InChI=1S/C9H8BrNO2/c1-13-6-4-2-3-5-7(6)9(12)11-8(5)10/h2-4,8H,1H3,(H,11,12). The summed E-state index contributed by atoms with van der Waals surface area (Å²) >= 11 is 3.35. The third-order valence-electron chi connectivity index (χ3n) is 2.04. The number of carbonyl (C=O) groups excluding carboxylic acids is 1. The van der Waals surface area contributed by atoms with Crippen LogP contribution in [0.2, 0.25) is 0 Å². The highest BCUT2D eigenvalue weighted by atomic mass is 79.9. The van der Waals surface area contributed by atoms with Crippen LogP contribution in [-0.2, 0) is 0 Å². The number of ether oxygens (including phenoxy) is 1. The van der Waals surface area contributed by atoms with Gasteiger partial charge in [-0.25, -0.2) is 0 Å². The number of amides is 1. The van der Waals surface area contributed by atoms with Crippen LogP contribution in [0.3, 0.4) is 0 Å². The second-order valence-electron chi connectivity index (χ2n) is 2.76. The van der Waals surface area contributed by atoms with E-state index in [1.165, 1.54) is 0 Å². The number of benzene rings is 1. The SMILES string of the molecule is COc1cccc2c1C(=O)NC2Br. The first-order valence-corrected chi connectivity index (χ1v) is 4.77. The van der Waals surface area contributed by atoms with Gasteiger partial charge < -0.3 is 10.1 Å². The smallest absolute Gasteiger partial charge is 0.256 e. The average Bonchev–Trinajstić information content (AvgIpc) is 2.43. The van der Waals surface area contributed by atoms with Crippen LogP contribution >= 0.6 is 15.9 Å². The van der Waals surface area contributed by atoms with E-state index >= 15 is 0 Å². The molecule has 1 N–H and O–H groups in total. The third kappa shape index (κ3) is 1.21. The van der Waals surface area contributed by atoms with Gasteiger partial charge in [-0.1, -0.05) is 28.1 Å². The number of fused-ring (bicyclic) bond motifs is 1. The zero-order valence-electron chi connectivity index (χ0n) is 7.00. The fourth-order valence-corrected chi connectivity index (χ4v) is 2.03. The molecule has 0 spiro atoms. The normalized spacial score (nSPS) is 19.5. The average molecular weight is 242 g/mol. The maximum atomic E-state index is 11.4. The Morgan fingerprint density at radius 3 is 3.00 bits per heavy atom. The van der Waals surface area contributed by atoms with E-state index in [1.54, 1.807) is 13.2 Å². The molecular weight excluding hydrogens is 234 g/mol. The van der Waals surface area contributed by atoms with Gasteiger partial charge in [-0.3, -0.25) is 4.79 Å². The summed E-state index contributed by atoms with van der Waals surface area (Å²) in [5, 5.41) is 2.75. The van der Waals surface area contributed by atoms with Crippen LogP contribution < -0.4 is 10.1 Å². The van der Waals surface area contributed by atoms with Gasteiger partial charge >= 0.3 is 0 Å². The zero-order chi connectivity index (χ0) is 9.42. The van der Waals surface area contributed by atoms with Crippen molar-refractivity contribution in [2.75, 3.05) is 7.11 Å². The summed E-state index contributed by atoms with van der Waals surface area (Å²) in [5.74, 6) is 0.534. The zero-order valence-corrected chi connectivity index (χ0v) is 8.59. The summed E-state index contributed by atoms with van der Waals surface area (Å²) in [4.78, 5) is 11.3. The Kier molecular flexibility index (Phi) is 2.00. The van der Waals surface area contributed by atoms with Gasteiger partial charge in [0, 0.05) is 5.56 Å². The molecule has 68 valence electrons. The minimum atomic E-state index is -0.0925. The molecule has 13 heavy (non-hydrogen) atoms. The van der Waals surface area contributed by atoms with Crippen LogP contribution in [0, 0.1) is 0 Å². The largest absolute Gasteiger partial charge is 0.496 e. The van der Waals surface area contributed by atoms with Gasteiger partial charge in [-0.15, -0.1) is 0 Å². The molecule has 1 aliphatic rings. The molecule has 0 saturated carbocycles. The lowest BCUT2D eigenvalue weighted by Crippen LogP contribution is -2.14. The molecule has 0 radical (unpaired) electrons. The van der Waals surface area contributed by atoms with Gasteiger partial charge in [-0.2, -0.15) is 0 Å². The van der Waals surface area contributed by atoms with Crippen molar-refractivity contribution in [2.45, 2.75) is 4.95 Å². The Morgan fingerprint density at radius 2 is 2.31 bits per heavy atom. The monoisotopic (exact) mass is 241 g/mol. The number of nitrogens with one attached hydrogen (secondary N) is 1. The van der Waals surface area contributed by atoms with E-state index in [9.17, 15) is 4.79 Å². The lowest BCUT2D eigenvalue weighted by atomic mass is 10.1. The molecule has 1 amide bonds. The fraction of sp³-hybridized carbons (Fsp3) is 0.222. The number of hydrogen-bond acceptors (Lipinski definition) is 2. The molecule has 1 atom stereocenters. The summed E-state index contributed by atoms with van der Waals surface area (Å²) in [6.07, 6.45) is 0. The predicted octanol–water partition coefficient (Wildman–Crippen LogP) is 1.83. The molecule has 1 unspecified atom stereocenters. The Bertz CT molecular complexity index is 365. The Labute approximate surface area is 84.2 Å². The number of halogens is 1. The highest BCUT2D eigenvalue weighted by Crippen LogP contribution is 2.34. The first kappa shape index (κ1) is 8.56. The topological polar surface area (TPSA) is 38.3 Å². The molecule has 1 aromatic carbocycles. The molecule has 0 fully saturated rings. The molecule has 3 nitrogen and oxygen atoms in total. The molecular formula is C9H8BrNO2. The minimum Gasteiger partial charge on any atom is -0.496 e. The summed E-state index contributed by atoms with van der Waals surface area (Å²) in [7, 11) is 1.56. The number of carbonyl (C=O) groups is 1. The third-order valence-corrected chi connectivity index (χ3v) is 2.76. The lowest BCUT2D eigenvalue weighted by Gasteiger charge is -2.04. The Morgan fingerprint density at radius 1 is 1.54 bits per heavy atom. The van der Waals surface area contributed by atoms with Gasteiger partial charge in [-0.05, 0) is 6.07 Å². The highest BCUT2D eigenvalue weighted by Gasteiger charge is 2.29. The van der Waals surface area contributed by atoms with Crippen molar-refractivity contribution in [1.82, 2.24) is 5.32 Å². The van der Waals surface area contributed by atoms with E-state index in [1.807, 2.05) is 12.1 Å². The van der Waals surface area contributed by atoms with Crippen LogP contribution in [0.1, 0.15) is 20.9 Å². The molecule has 0 aliphatic carbocycles. The second kappa shape index (κ2) is 3.03. The molecule has 4 heteroatoms. The van der Waals surface area contributed by atoms with Gasteiger partial charge in [0.15, 0.2) is 0 Å². The van der Waals surface area contributed by atoms with Crippen molar-refractivity contribution < 1.29 is 9.53 Å². The number of methoxy groups -OCH3 is 1.